The minimum atomic E-state index is -0.837. The second-order valence-corrected chi connectivity index (χ2v) is 5.59. The zero-order valence-electron chi connectivity index (χ0n) is 11.0. The Morgan fingerprint density at radius 2 is 2.28 bits per heavy atom. The molecule has 0 amide bonds. The summed E-state index contributed by atoms with van der Waals surface area (Å²) in [7, 11) is 0. The van der Waals surface area contributed by atoms with Gasteiger partial charge >= 0.3 is 0 Å². The van der Waals surface area contributed by atoms with Gasteiger partial charge in [-0.1, -0.05) is 25.4 Å². The van der Waals surface area contributed by atoms with E-state index in [1.807, 2.05) is 0 Å². The highest BCUT2D eigenvalue weighted by molar-refractivity contribution is 6.32. The average Bonchev–Trinajstić information content (AvgIpc) is 2.29. The van der Waals surface area contributed by atoms with Crippen LogP contribution in [0.25, 0.3) is 0 Å². The molecule has 1 aromatic rings. The van der Waals surface area contributed by atoms with Gasteiger partial charge in [0.2, 0.25) is 0 Å². The van der Waals surface area contributed by atoms with E-state index in [0.717, 1.165) is 6.42 Å². The standard InChI is InChI=1S/C12H20ClN3O2/c1-8(2)4-5-12(3,18)7-14-9-6-15-16-11(17)10(9)13/h6,8,18H,4-5,7H2,1-3H3,(H2,14,16,17). The molecule has 0 aliphatic carbocycles. The van der Waals surface area contributed by atoms with Crippen molar-refractivity contribution >= 4 is 17.3 Å². The lowest BCUT2D eigenvalue weighted by atomic mass is 9.95. The molecule has 0 aliphatic heterocycles. The van der Waals surface area contributed by atoms with Gasteiger partial charge in [0.1, 0.15) is 5.02 Å². The lowest BCUT2D eigenvalue weighted by Gasteiger charge is -2.25. The molecule has 0 aliphatic rings. The van der Waals surface area contributed by atoms with E-state index in [4.69, 9.17) is 11.6 Å². The SMILES string of the molecule is CC(C)CCC(C)(O)CNc1cn[nH]c(=O)c1Cl. The van der Waals surface area contributed by atoms with E-state index in [1.54, 1.807) is 6.92 Å². The molecular weight excluding hydrogens is 254 g/mol. The van der Waals surface area contributed by atoms with Crippen LogP contribution in [0, 0.1) is 5.92 Å². The van der Waals surface area contributed by atoms with Gasteiger partial charge in [-0.2, -0.15) is 5.10 Å². The van der Waals surface area contributed by atoms with Gasteiger partial charge in [-0.15, -0.1) is 0 Å². The molecular formula is C12H20ClN3O2. The monoisotopic (exact) mass is 273 g/mol. The summed E-state index contributed by atoms with van der Waals surface area (Å²) in [6.45, 7) is 6.31. The van der Waals surface area contributed by atoms with Crippen LogP contribution in [0.1, 0.15) is 33.6 Å². The maximum absolute atomic E-state index is 11.2. The van der Waals surface area contributed by atoms with Crippen molar-refractivity contribution < 1.29 is 5.11 Å². The van der Waals surface area contributed by atoms with Crippen molar-refractivity contribution in [1.29, 1.82) is 0 Å². The van der Waals surface area contributed by atoms with Crippen LogP contribution in [-0.2, 0) is 0 Å². The first kappa shape index (κ1) is 15.0. The van der Waals surface area contributed by atoms with E-state index < -0.39 is 11.2 Å². The number of nitrogens with zero attached hydrogens (tertiary/aromatic N) is 1. The third-order valence-corrected chi connectivity index (χ3v) is 3.09. The third kappa shape index (κ3) is 4.66. The second kappa shape index (κ2) is 6.20. The number of hydrogen-bond donors (Lipinski definition) is 3. The van der Waals surface area contributed by atoms with Crippen molar-refractivity contribution in [3.05, 3.63) is 21.6 Å². The lowest BCUT2D eigenvalue weighted by molar-refractivity contribution is 0.0586. The van der Waals surface area contributed by atoms with Crippen molar-refractivity contribution in [3.63, 3.8) is 0 Å². The first-order chi connectivity index (χ1) is 8.32. The maximum Gasteiger partial charge on any atom is 0.285 e. The Labute approximate surface area is 112 Å². The van der Waals surface area contributed by atoms with Crippen molar-refractivity contribution in [2.45, 2.75) is 39.2 Å². The predicted octanol–water partition coefficient (Wildman–Crippen LogP) is 2.02. The summed E-state index contributed by atoms with van der Waals surface area (Å²) < 4.78 is 0. The molecule has 0 spiro atoms. The summed E-state index contributed by atoms with van der Waals surface area (Å²) >= 11 is 5.82. The molecule has 102 valence electrons. The van der Waals surface area contributed by atoms with Crippen LogP contribution in [0.5, 0.6) is 0 Å². The molecule has 0 saturated heterocycles. The molecule has 0 bridgehead atoms. The lowest BCUT2D eigenvalue weighted by Crippen LogP contribution is -2.34. The highest BCUT2D eigenvalue weighted by atomic mass is 35.5. The van der Waals surface area contributed by atoms with Crippen LogP contribution in [0.15, 0.2) is 11.0 Å². The molecule has 0 fully saturated rings. The Morgan fingerprint density at radius 3 is 2.89 bits per heavy atom. The van der Waals surface area contributed by atoms with Crippen LogP contribution >= 0.6 is 11.6 Å². The van der Waals surface area contributed by atoms with Crippen LogP contribution in [0.4, 0.5) is 5.69 Å². The quantitative estimate of drug-likeness (QED) is 0.741. The highest BCUT2D eigenvalue weighted by Gasteiger charge is 2.21. The van der Waals surface area contributed by atoms with Crippen molar-refractivity contribution in [1.82, 2.24) is 10.2 Å². The molecule has 1 atom stereocenters. The third-order valence-electron chi connectivity index (χ3n) is 2.72. The number of halogens is 1. The van der Waals surface area contributed by atoms with E-state index in [9.17, 15) is 9.90 Å². The molecule has 0 saturated carbocycles. The summed E-state index contributed by atoms with van der Waals surface area (Å²) in [4.78, 5) is 11.2. The number of H-pyrrole nitrogens is 1. The number of hydrogen-bond acceptors (Lipinski definition) is 4. The minimum Gasteiger partial charge on any atom is -0.388 e. The smallest absolute Gasteiger partial charge is 0.285 e. The van der Waals surface area contributed by atoms with Gasteiger partial charge < -0.3 is 10.4 Å². The maximum atomic E-state index is 11.2. The average molecular weight is 274 g/mol. The van der Waals surface area contributed by atoms with Crippen molar-refractivity contribution in [3.8, 4) is 0 Å². The van der Waals surface area contributed by atoms with Gasteiger partial charge in [0.05, 0.1) is 17.5 Å². The Morgan fingerprint density at radius 1 is 1.61 bits per heavy atom. The molecule has 5 nitrogen and oxygen atoms in total. The normalized spacial score (nSPS) is 14.6. The van der Waals surface area contributed by atoms with Crippen LogP contribution in [0.3, 0.4) is 0 Å². The fourth-order valence-electron chi connectivity index (χ4n) is 1.48. The number of aromatic amines is 1. The molecule has 1 aromatic heterocycles. The van der Waals surface area contributed by atoms with Crippen molar-refractivity contribution in [2.75, 3.05) is 11.9 Å². The van der Waals surface area contributed by atoms with E-state index in [0.29, 0.717) is 24.6 Å². The molecule has 18 heavy (non-hydrogen) atoms. The van der Waals surface area contributed by atoms with Gasteiger partial charge in [-0.25, -0.2) is 5.10 Å². The summed E-state index contributed by atoms with van der Waals surface area (Å²) in [5, 5.41) is 19.1. The first-order valence-corrected chi connectivity index (χ1v) is 6.39. The topological polar surface area (TPSA) is 78.0 Å². The van der Waals surface area contributed by atoms with E-state index in [2.05, 4.69) is 29.4 Å². The minimum absolute atomic E-state index is 0.0599. The molecule has 6 heteroatoms. The highest BCUT2D eigenvalue weighted by Crippen LogP contribution is 2.19. The van der Waals surface area contributed by atoms with Gasteiger partial charge in [0.25, 0.3) is 5.56 Å². The Kier molecular flexibility index (Phi) is 5.16. The zero-order chi connectivity index (χ0) is 13.8. The number of aromatic nitrogens is 2. The molecule has 1 unspecified atom stereocenters. The fraction of sp³-hybridized carbons (Fsp3) is 0.667. The van der Waals surface area contributed by atoms with Crippen LogP contribution < -0.4 is 10.9 Å². The van der Waals surface area contributed by atoms with E-state index in [-0.39, 0.29) is 5.02 Å². The summed E-state index contributed by atoms with van der Waals surface area (Å²) in [6, 6.07) is 0. The van der Waals surface area contributed by atoms with E-state index in [1.165, 1.54) is 6.20 Å². The molecule has 1 heterocycles. The van der Waals surface area contributed by atoms with Gasteiger partial charge in [-0.05, 0) is 25.7 Å². The summed E-state index contributed by atoms with van der Waals surface area (Å²) in [5.74, 6) is 0.543. The number of aliphatic hydroxyl groups is 1. The summed E-state index contributed by atoms with van der Waals surface area (Å²) in [5.41, 5.74) is -0.843. The second-order valence-electron chi connectivity index (χ2n) is 5.21. The number of anilines is 1. The van der Waals surface area contributed by atoms with Crippen molar-refractivity contribution in [2.24, 2.45) is 5.92 Å². The Hall–Kier alpha value is -1.07. The van der Waals surface area contributed by atoms with Crippen LogP contribution in [0.2, 0.25) is 5.02 Å². The zero-order valence-corrected chi connectivity index (χ0v) is 11.7. The largest absolute Gasteiger partial charge is 0.388 e. The van der Waals surface area contributed by atoms with E-state index >= 15 is 0 Å². The van der Waals surface area contributed by atoms with Gasteiger partial charge in [0, 0.05) is 6.54 Å². The van der Waals surface area contributed by atoms with Gasteiger partial charge in [-0.3, -0.25) is 4.79 Å². The first-order valence-electron chi connectivity index (χ1n) is 6.01. The van der Waals surface area contributed by atoms with Crippen LogP contribution in [-0.4, -0.2) is 27.4 Å². The summed E-state index contributed by atoms with van der Waals surface area (Å²) in [6.07, 6.45) is 3.06. The number of rotatable bonds is 6. The van der Waals surface area contributed by atoms with Gasteiger partial charge in [0.15, 0.2) is 0 Å². The Bertz CT molecular complexity index is 443. The molecule has 0 radical (unpaired) electrons. The molecule has 3 N–H and O–H groups in total. The fourth-order valence-corrected chi connectivity index (χ4v) is 1.64. The number of nitrogens with one attached hydrogen (secondary N) is 2. The molecule has 0 aromatic carbocycles. The predicted molar refractivity (Wildman–Crippen MR) is 73.1 cm³/mol. The molecule has 1 rings (SSSR count). The Balaban J connectivity index is 2.58.